The lowest BCUT2D eigenvalue weighted by atomic mass is 10.1. The number of hydrogen-bond donors (Lipinski definition) is 3. The monoisotopic (exact) mass is 320 g/mol. The van der Waals surface area contributed by atoms with Crippen molar-refractivity contribution >= 4 is 21.6 Å². The molecule has 0 fully saturated rings. The second-order valence-corrected chi connectivity index (χ2v) is 7.06. The first-order valence-corrected chi connectivity index (χ1v) is 8.34. The van der Waals surface area contributed by atoms with E-state index < -0.39 is 10.0 Å². The molecule has 0 saturated heterocycles. The summed E-state index contributed by atoms with van der Waals surface area (Å²) < 4.78 is 27.4. The molecular formula is C14H16N4O3S. The van der Waals surface area contributed by atoms with Crippen LogP contribution in [0, 0.1) is 0 Å². The number of imidazole rings is 1. The molecule has 2 aromatic rings. The van der Waals surface area contributed by atoms with Crippen molar-refractivity contribution in [2.75, 3.05) is 4.72 Å². The normalized spacial score (nSPS) is 14.0. The van der Waals surface area contributed by atoms with Gasteiger partial charge in [0.15, 0.2) is 5.03 Å². The molecule has 116 valence electrons. The fourth-order valence-corrected chi connectivity index (χ4v) is 3.32. The van der Waals surface area contributed by atoms with Crippen molar-refractivity contribution in [2.45, 2.75) is 31.3 Å². The van der Waals surface area contributed by atoms with Crippen LogP contribution in [-0.4, -0.2) is 24.3 Å². The van der Waals surface area contributed by atoms with E-state index in [-0.39, 0.29) is 16.9 Å². The molecule has 0 spiro atoms. The molecule has 1 aromatic carbocycles. The van der Waals surface area contributed by atoms with Gasteiger partial charge in [0.1, 0.15) is 5.82 Å². The lowest BCUT2D eigenvalue weighted by molar-refractivity contribution is 0.0965. The molecule has 1 aliphatic heterocycles. The first-order valence-electron chi connectivity index (χ1n) is 6.86. The van der Waals surface area contributed by atoms with Crippen LogP contribution in [0.5, 0.6) is 0 Å². The highest BCUT2D eigenvalue weighted by atomic mass is 32.2. The molecule has 0 bridgehead atoms. The fraction of sp³-hybridized carbons (Fsp3) is 0.286. The minimum atomic E-state index is -3.77. The molecule has 0 radical (unpaired) electrons. The Morgan fingerprint density at radius 1 is 1.32 bits per heavy atom. The zero-order chi connectivity index (χ0) is 15.9. The molecular weight excluding hydrogens is 304 g/mol. The van der Waals surface area contributed by atoms with Crippen molar-refractivity contribution in [1.29, 1.82) is 0 Å². The van der Waals surface area contributed by atoms with Crippen LogP contribution >= 0.6 is 0 Å². The van der Waals surface area contributed by atoms with E-state index in [1.165, 1.54) is 6.20 Å². The number of amides is 1. The van der Waals surface area contributed by atoms with Crippen molar-refractivity contribution in [1.82, 2.24) is 15.3 Å². The highest BCUT2D eigenvalue weighted by molar-refractivity contribution is 7.92. The summed E-state index contributed by atoms with van der Waals surface area (Å²) in [5.41, 5.74) is 1.55. The molecule has 8 heteroatoms. The maximum absolute atomic E-state index is 12.4. The summed E-state index contributed by atoms with van der Waals surface area (Å²) in [5.74, 6) is 0.516. The second-order valence-electron chi connectivity index (χ2n) is 5.41. The summed E-state index contributed by atoms with van der Waals surface area (Å²) in [5, 5.41) is 2.68. The number of H-pyrrole nitrogens is 1. The predicted octanol–water partition coefficient (Wildman–Crippen LogP) is 1.58. The first-order chi connectivity index (χ1) is 10.4. The predicted molar refractivity (Wildman–Crippen MR) is 81.1 cm³/mol. The lowest BCUT2D eigenvalue weighted by Crippen LogP contribution is -2.15. The molecule has 3 rings (SSSR count). The lowest BCUT2D eigenvalue weighted by Gasteiger charge is -2.09. The topological polar surface area (TPSA) is 104 Å². The van der Waals surface area contributed by atoms with E-state index in [2.05, 4.69) is 20.0 Å². The Morgan fingerprint density at radius 2 is 2.09 bits per heavy atom. The largest absolute Gasteiger partial charge is 0.348 e. The quantitative estimate of drug-likeness (QED) is 0.795. The van der Waals surface area contributed by atoms with E-state index in [9.17, 15) is 13.2 Å². The number of carbonyl (C=O) groups excluding carboxylic acids is 1. The minimum Gasteiger partial charge on any atom is -0.348 e. The van der Waals surface area contributed by atoms with E-state index in [4.69, 9.17) is 0 Å². The van der Waals surface area contributed by atoms with Gasteiger partial charge in [-0.15, -0.1) is 0 Å². The van der Waals surface area contributed by atoms with Crippen molar-refractivity contribution in [3.8, 4) is 0 Å². The van der Waals surface area contributed by atoms with Crippen LogP contribution in [0.2, 0.25) is 0 Å². The molecule has 1 aromatic heterocycles. The zero-order valence-corrected chi connectivity index (χ0v) is 13.0. The highest BCUT2D eigenvalue weighted by Gasteiger charge is 2.25. The van der Waals surface area contributed by atoms with Crippen molar-refractivity contribution in [3.63, 3.8) is 0 Å². The number of hydrogen-bond acceptors (Lipinski definition) is 4. The van der Waals surface area contributed by atoms with Gasteiger partial charge < -0.3 is 10.3 Å². The van der Waals surface area contributed by atoms with Gasteiger partial charge in [-0.2, -0.15) is 8.42 Å². The van der Waals surface area contributed by atoms with Crippen LogP contribution in [0.25, 0.3) is 0 Å². The van der Waals surface area contributed by atoms with Gasteiger partial charge in [0, 0.05) is 23.6 Å². The number of rotatable bonds is 4. The van der Waals surface area contributed by atoms with Crippen LogP contribution in [0.1, 0.15) is 41.5 Å². The molecule has 22 heavy (non-hydrogen) atoms. The third kappa shape index (κ3) is 2.45. The third-order valence-corrected chi connectivity index (χ3v) is 4.77. The van der Waals surface area contributed by atoms with Gasteiger partial charge in [0.25, 0.3) is 15.9 Å². The molecule has 1 amide bonds. The molecule has 1 aliphatic rings. The van der Waals surface area contributed by atoms with Gasteiger partial charge in [-0.1, -0.05) is 19.9 Å². The van der Waals surface area contributed by atoms with Gasteiger partial charge in [0.2, 0.25) is 0 Å². The Hall–Kier alpha value is -2.35. The zero-order valence-electron chi connectivity index (χ0n) is 12.2. The number of benzene rings is 1. The van der Waals surface area contributed by atoms with E-state index in [1.54, 1.807) is 18.2 Å². The third-order valence-electron chi connectivity index (χ3n) is 3.50. The Labute approximate surface area is 128 Å². The number of aromatic nitrogens is 2. The molecule has 0 atom stereocenters. The Bertz CT molecular complexity index is 840. The number of sulfonamides is 1. The second kappa shape index (κ2) is 5.13. The maximum Gasteiger partial charge on any atom is 0.278 e. The van der Waals surface area contributed by atoms with Crippen molar-refractivity contribution in [3.05, 3.63) is 41.3 Å². The van der Waals surface area contributed by atoms with Crippen LogP contribution in [-0.2, 0) is 16.6 Å². The average molecular weight is 320 g/mol. The number of nitrogens with zero attached hydrogens (tertiary/aromatic N) is 1. The first kappa shape index (κ1) is 14.6. The molecule has 3 N–H and O–H groups in total. The Kier molecular flexibility index (Phi) is 3.40. The smallest absolute Gasteiger partial charge is 0.278 e. The SMILES string of the molecule is CC(C)c1ncc(S(=O)(=O)Nc2cccc3c2CNC3=O)[nH]1. The summed E-state index contributed by atoms with van der Waals surface area (Å²) in [4.78, 5) is 18.5. The number of carbonyl (C=O) groups is 1. The van der Waals surface area contributed by atoms with Gasteiger partial charge in [-0.3, -0.25) is 9.52 Å². The summed E-state index contributed by atoms with van der Waals surface area (Å²) in [6.45, 7) is 4.15. The summed E-state index contributed by atoms with van der Waals surface area (Å²) in [7, 11) is -3.77. The van der Waals surface area contributed by atoms with Crippen LogP contribution < -0.4 is 10.0 Å². The van der Waals surface area contributed by atoms with Crippen LogP contribution in [0.3, 0.4) is 0 Å². The number of aromatic amines is 1. The highest BCUT2D eigenvalue weighted by Crippen LogP contribution is 2.26. The Balaban J connectivity index is 1.94. The van der Waals surface area contributed by atoms with Gasteiger partial charge >= 0.3 is 0 Å². The number of fused-ring (bicyclic) bond motifs is 1. The van der Waals surface area contributed by atoms with Crippen LogP contribution in [0.15, 0.2) is 29.4 Å². The number of anilines is 1. The minimum absolute atomic E-state index is 0.00563. The van der Waals surface area contributed by atoms with E-state index in [0.717, 1.165) is 0 Å². The van der Waals surface area contributed by atoms with Crippen molar-refractivity contribution in [2.24, 2.45) is 0 Å². The molecule has 0 unspecified atom stereocenters. The molecule has 0 saturated carbocycles. The van der Waals surface area contributed by atoms with E-state index in [0.29, 0.717) is 29.2 Å². The van der Waals surface area contributed by atoms with Gasteiger partial charge in [0.05, 0.1) is 11.9 Å². The van der Waals surface area contributed by atoms with Gasteiger partial charge in [-0.05, 0) is 12.1 Å². The molecule has 7 nitrogen and oxygen atoms in total. The number of nitrogens with one attached hydrogen (secondary N) is 3. The summed E-state index contributed by atoms with van der Waals surface area (Å²) >= 11 is 0. The van der Waals surface area contributed by atoms with Crippen molar-refractivity contribution < 1.29 is 13.2 Å². The van der Waals surface area contributed by atoms with Gasteiger partial charge in [-0.25, -0.2) is 4.98 Å². The van der Waals surface area contributed by atoms with Crippen LogP contribution in [0.4, 0.5) is 5.69 Å². The fourth-order valence-electron chi connectivity index (χ4n) is 2.30. The summed E-state index contributed by atoms with van der Waals surface area (Å²) in [6.07, 6.45) is 1.30. The summed E-state index contributed by atoms with van der Waals surface area (Å²) in [6, 6.07) is 4.95. The maximum atomic E-state index is 12.4. The van der Waals surface area contributed by atoms with E-state index in [1.807, 2.05) is 13.8 Å². The average Bonchev–Trinajstić information content (AvgIpc) is 3.07. The Morgan fingerprint density at radius 3 is 2.77 bits per heavy atom. The van der Waals surface area contributed by atoms with E-state index >= 15 is 0 Å². The standard InChI is InChI=1S/C14H16N4O3S/c1-8(2)13-15-7-12(17-13)22(20,21)18-11-5-3-4-9-10(11)6-16-14(9)19/h3-5,7-8,18H,6H2,1-2H3,(H,15,17)(H,16,19). The molecule has 2 heterocycles. The molecule has 0 aliphatic carbocycles.